The Morgan fingerprint density at radius 3 is 2.25 bits per heavy atom. The molecular weight excluding hydrogens is 300 g/mol. The van der Waals surface area contributed by atoms with Gasteiger partial charge in [-0.2, -0.15) is 0 Å². The summed E-state index contributed by atoms with van der Waals surface area (Å²) in [5.41, 5.74) is 1.70. The number of carbonyl (C=O) groups excluding carboxylic acids is 2. The van der Waals surface area contributed by atoms with Crippen molar-refractivity contribution in [2.45, 2.75) is 33.7 Å². The van der Waals surface area contributed by atoms with Crippen LogP contribution in [0.2, 0.25) is 0 Å². The molecule has 0 heterocycles. The van der Waals surface area contributed by atoms with Gasteiger partial charge in [0, 0.05) is 16.7 Å². The zero-order valence-corrected chi connectivity index (χ0v) is 14.6. The van der Waals surface area contributed by atoms with Crippen LogP contribution in [0, 0.1) is 5.41 Å². The molecule has 2 aromatic carbocycles. The predicted octanol–water partition coefficient (Wildman–Crippen LogP) is 4.16. The third kappa shape index (κ3) is 4.69. The molecular formula is C20H24N2O2. The van der Waals surface area contributed by atoms with Crippen LogP contribution in [0.3, 0.4) is 0 Å². The van der Waals surface area contributed by atoms with Crippen molar-refractivity contribution in [3.63, 3.8) is 0 Å². The Morgan fingerprint density at radius 2 is 1.62 bits per heavy atom. The average Bonchev–Trinajstić information content (AvgIpc) is 2.55. The molecule has 2 N–H and O–H groups in total. The number of hydrogen-bond acceptors (Lipinski definition) is 2. The summed E-state index contributed by atoms with van der Waals surface area (Å²) >= 11 is 0. The zero-order chi connectivity index (χ0) is 17.7. The fraction of sp³-hybridized carbons (Fsp3) is 0.300. The van der Waals surface area contributed by atoms with Gasteiger partial charge in [-0.05, 0) is 30.7 Å². The van der Waals surface area contributed by atoms with Crippen molar-refractivity contribution in [1.82, 2.24) is 5.32 Å². The van der Waals surface area contributed by atoms with Gasteiger partial charge in [-0.25, -0.2) is 0 Å². The summed E-state index contributed by atoms with van der Waals surface area (Å²) in [4.78, 5) is 24.5. The summed E-state index contributed by atoms with van der Waals surface area (Å²) < 4.78 is 0. The van der Waals surface area contributed by atoms with E-state index in [0.717, 1.165) is 5.56 Å². The predicted molar refractivity (Wildman–Crippen MR) is 96.8 cm³/mol. The lowest BCUT2D eigenvalue weighted by atomic mass is 9.95. The second-order valence-corrected chi connectivity index (χ2v) is 6.89. The molecule has 126 valence electrons. The molecule has 4 nitrogen and oxygen atoms in total. The fourth-order valence-electron chi connectivity index (χ4n) is 2.16. The molecule has 0 aliphatic carbocycles. The highest BCUT2D eigenvalue weighted by molar-refractivity contribution is 5.98. The minimum Gasteiger partial charge on any atom is -0.346 e. The molecule has 2 rings (SSSR count). The van der Waals surface area contributed by atoms with Crippen LogP contribution in [0.1, 0.15) is 49.7 Å². The summed E-state index contributed by atoms with van der Waals surface area (Å²) in [5, 5.41) is 5.81. The summed E-state index contributed by atoms with van der Waals surface area (Å²) in [5.74, 6) is -0.254. The minimum absolute atomic E-state index is 0.0855. The first-order valence-electron chi connectivity index (χ1n) is 8.04. The standard InChI is InChI=1S/C20H24N2O2/c1-14(15-9-6-5-7-10-15)21-18(23)16-11-8-12-17(13-16)22-19(24)20(2,3)4/h5-14H,1-4H3,(H,21,23)(H,22,24). The van der Waals surface area contributed by atoms with Crippen LogP contribution in [-0.2, 0) is 4.79 Å². The Hall–Kier alpha value is -2.62. The van der Waals surface area contributed by atoms with Crippen LogP contribution < -0.4 is 10.6 Å². The molecule has 2 aromatic rings. The third-order valence-corrected chi connectivity index (χ3v) is 3.71. The van der Waals surface area contributed by atoms with Gasteiger partial charge in [0.05, 0.1) is 6.04 Å². The van der Waals surface area contributed by atoms with Crippen molar-refractivity contribution in [2.24, 2.45) is 5.41 Å². The molecule has 0 aliphatic rings. The molecule has 24 heavy (non-hydrogen) atoms. The molecule has 0 saturated heterocycles. The number of anilines is 1. The molecule has 0 aromatic heterocycles. The van der Waals surface area contributed by atoms with Crippen LogP contribution in [-0.4, -0.2) is 11.8 Å². The Kier molecular flexibility index (Phi) is 5.39. The average molecular weight is 324 g/mol. The van der Waals surface area contributed by atoms with Gasteiger partial charge in [0.25, 0.3) is 5.91 Å². The van der Waals surface area contributed by atoms with E-state index in [2.05, 4.69) is 10.6 Å². The second-order valence-electron chi connectivity index (χ2n) is 6.89. The fourth-order valence-corrected chi connectivity index (χ4v) is 2.16. The Labute approximate surface area is 143 Å². The summed E-state index contributed by atoms with van der Waals surface area (Å²) in [6.07, 6.45) is 0. The van der Waals surface area contributed by atoms with Crippen LogP contribution in [0.25, 0.3) is 0 Å². The summed E-state index contributed by atoms with van der Waals surface area (Å²) in [6, 6.07) is 16.7. The lowest BCUT2D eigenvalue weighted by molar-refractivity contribution is -0.123. The van der Waals surface area contributed by atoms with E-state index in [1.165, 1.54) is 0 Å². The highest BCUT2D eigenvalue weighted by atomic mass is 16.2. The third-order valence-electron chi connectivity index (χ3n) is 3.71. The second kappa shape index (κ2) is 7.30. The first-order valence-corrected chi connectivity index (χ1v) is 8.04. The highest BCUT2D eigenvalue weighted by Crippen LogP contribution is 2.19. The first-order chi connectivity index (χ1) is 11.3. The maximum absolute atomic E-state index is 12.4. The molecule has 0 fully saturated rings. The number of carbonyl (C=O) groups is 2. The van der Waals surface area contributed by atoms with Crippen molar-refractivity contribution >= 4 is 17.5 Å². The normalized spacial score (nSPS) is 12.3. The van der Waals surface area contributed by atoms with Crippen LogP contribution in [0.5, 0.6) is 0 Å². The highest BCUT2D eigenvalue weighted by Gasteiger charge is 2.21. The first kappa shape index (κ1) is 17.7. The van der Waals surface area contributed by atoms with Gasteiger partial charge >= 0.3 is 0 Å². The molecule has 0 saturated carbocycles. The molecule has 0 bridgehead atoms. The van der Waals surface area contributed by atoms with Crippen molar-refractivity contribution in [1.29, 1.82) is 0 Å². The number of benzene rings is 2. The number of rotatable bonds is 4. The Morgan fingerprint density at radius 1 is 0.958 bits per heavy atom. The van der Waals surface area contributed by atoms with E-state index in [0.29, 0.717) is 11.3 Å². The largest absolute Gasteiger partial charge is 0.346 e. The van der Waals surface area contributed by atoms with Crippen molar-refractivity contribution in [2.75, 3.05) is 5.32 Å². The van der Waals surface area contributed by atoms with Gasteiger partial charge in [0.2, 0.25) is 5.91 Å². The van der Waals surface area contributed by atoms with E-state index in [9.17, 15) is 9.59 Å². The maximum Gasteiger partial charge on any atom is 0.251 e. The molecule has 1 atom stereocenters. The van der Waals surface area contributed by atoms with E-state index in [-0.39, 0.29) is 17.9 Å². The molecule has 0 spiro atoms. The minimum atomic E-state index is -0.486. The number of nitrogens with one attached hydrogen (secondary N) is 2. The van der Waals surface area contributed by atoms with Crippen LogP contribution in [0.4, 0.5) is 5.69 Å². The van der Waals surface area contributed by atoms with E-state index < -0.39 is 5.41 Å². The topological polar surface area (TPSA) is 58.2 Å². The van der Waals surface area contributed by atoms with Crippen LogP contribution >= 0.6 is 0 Å². The van der Waals surface area contributed by atoms with Crippen LogP contribution in [0.15, 0.2) is 54.6 Å². The van der Waals surface area contributed by atoms with Crippen molar-refractivity contribution in [3.8, 4) is 0 Å². The quantitative estimate of drug-likeness (QED) is 0.887. The van der Waals surface area contributed by atoms with E-state index in [1.54, 1.807) is 24.3 Å². The SMILES string of the molecule is CC(NC(=O)c1cccc(NC(=O)C(C)(C)C)c1)c1ccccc1. The molecule has 4 heteroatoms. The summed E-state index contributed by atoms with van der Waals surface area (Å²) in [7, 11) is 0. The van der Waals surface area contributed by atoms with E-state index in [4.69, 9.17) is 0 Å². The van der Waals surface area contributed by atoms with Gasteiger partial charge in [0.15, 0.2) is 0 Å². The van der Waals surface area contributed by atoms with E-state index >= 15 is 0 Å². The smallest absolute Gasteiger partial charge is 0.251 e. The van der Waals surface area contributed by atoms with Gasteiger partial charge in [0.1, 0.15) is 0 Å². The van der Waals surface area contributed by atoms with E-state index in [1.807, 2.05) is 58.0 Å². The Balaban J connectivity index is 2.08. The van der Waals surface area contributed by atoms with Crippen molar-refractivity contribution < 1.29 is 9.59 Å². The lowest BCUT2D eigenvalue weighted by Crippen LogP contribution is -2.28. The number of hydrogen-bond donors (Lipinski definition) is 2. The maximum atomic E-state index is 12.4. The zero-order valence-electron chi connectivity index (χ0n) is 14.6. The molecule has 0 radical (unpaired) electrons. The summed E-state index contributed by atoms with van der Waals surface area (Å²) in [6.45, 7) is 7.49. The van der Waals surface area contributed by atoms with Crippen molar-refractivity contribution in [3.05, 3.63) is 65.7 Å². The van der Waals surface area contributed by atoms with Gasteiger partial charge < -0.3 is 10.6 Å². The molecule has 1 unspecified atom stereocenters. The molecule has 2 amide bonds. The molecule has 0 aliphatic heterocycles. The lowest BCUT2D eigenvalue weighted by Gasteiger charge is -2.18. The van der Waals surface area contributed by atoms with Gasteiger partial charge in [-0.3, -0.25) is 9.59 Å². The Bertz CT molecular complexity index is 718. The number of amides is 2. The van der Waals surface area contributed by atoms with Gasteiger partial charge in [-0.1, -0.05) is 57.2 Å². The van der Waals surface area contributed by atoms with Gasteiger partial charge in [-0.15, -0.1) is 0 Å². The monoisotopic (exact) mass is 324 g/mol.